The van der Waals surface area contributed by atoms with Crippen LogP contribution in [0.3, 0.4) is 0 Å². The molecular weight excluding hydrogens is 372 g/mol. The van der Waals surface area contributed by atoms with Crippen molar-refractivity contribution in [3.63, 3.8) is 0 Å². The fraction of sp³-hybridized carbons (Fsp3) is 0.591. The Bertz CT molecular complexity index is 714. The van der Waals surface area contributed by atoms with Crippen molar-refractivity contribution >= 4 is 18.0 Å². The van der Waals surface area contributed by atoms with Gasteiger partial charge in [-0.2, -0.15) is 0 Å². The van der Waals surface area contributed by atoms with Gasteiger partial charge in [-0.15, -0.1) is 0 Å². The highest BCUT2D eigenvalue weighted by Crippen LogP contribution is 2.25. The van der Waals surface area contributed by atoms with Crippen molar-refractivity contribution in [2.75, 3.05) is 6.54 Å². The summed E-state index contributed by atoms with van der Waals surface area (Å²) in [4.78, 5) is 39.1. The van der Waals surface area contributed by atoms with Gasteiger partial charge < -0.3 is 14.8 Å². The summed E-state index contributed by atoms with van der Waals surface area (Å²) in [6, 6.07) is 7.85. The molecular formula is C22H32N2O5. The summed E-state index contributed by atoms with van der Waals surface area (Å²) >= 11 is 0. The fourth-order valence-electron chi connectivity index (χ4n) is 3.15. The Balaban J connectivity index is 1.95. The van der Waals surface area contributed by atoms with Crippen molar-refractivity contribution in [1.29, 1.82) is 0 Å². The van der Waals surface area contributed by atoms with Gasteiger partial charge in [0.05, 0.1) is 0 Å². The van der Waals surface area contributed by atoms with E-state index in [9.17, 15) is 14.4 Å². The molecule has 7 heteroatoms. The fourth-order valence-corrected chi connectivity index (χ4v) is 3.15. The molecule has 1 aromatic carbocycles. The summed E-state index contributed by atoms with van der Waals surface area (Å²) in [7, 11) is 0. The molecule has 1 aliphatic rings. The van der Waals surface area contributed by atoms with Crippen LogP contribution in [-0.4, -0.2) is 47.1 Å². The number of benzene rings is 1. The molecule has 0 spiro atoms. The molecule has 2 rings (SSSR count). The van der Waals surface area contributed by atoms with E-state index in [1.54, 1.807) is 27.7 Å². The number of esters is 1. The summed E-state index contributed by atoms with van der Waals surface area (Å²) in [6.45, 7) is 9.58. The van der Waals surface area contributed by atoms with Crippen LogP contribution in [0.5, 0.6) is 0 Å². The maximum absolute atomic E-state index is 12.8. The van der Waals surface area contributed by atoms with Crippen molar-refractivity contribution < 1.29 is 23.9 Å². The van der Waals surface area contributed by atoms with Gasteiger partial charge in [0.15, 0.2) is 0 Å². The van der Waals surface area contributed by atoms with Gasteiger partial charge >= 0.3 is 12.1 Å². The second kappa shape index (κ2) is 9.76. The van der Waals surface area contributed by atoms with Crippen LogP contribution in [0.2, 0.25) is 0 Å². The summed E-state index contributed by atoms with van der Waals surface area (Å²) in [6.07, 6.45) is 0.818. The predicted octanol–water partition coefficient (Wildman–Crippen LogP) is 3.27. The van der Waals surface area contributed by atoms with E-state index < -0.39 is 29.7 Å². The van der Waals surface area contributed by atoms with Crippen LogP contribution >= 0.6 is 0 Å². The minimum absolute atomic E-state index is 0.143. The summed E-state index contributed by atoms with van der Waals surface area (Å²) < 4.78 is 10.7. The molecule has 1 aromatic rings. The lowest BCUT2D eigenvalue weighted by Crippen LogP contribution is -2.56. The van der Waals surface area contributed by atoms with Gasteiger partial charge in [-0.25, -0.2) is 9.59 Å². The molecule has 1 heterocycles. The maximum Gasteiger partial charge on any atom is 0.410 e. The molecule has 0 aromatic heterocycles. The zero-order valence-corrected chi connectivity index (χ0v) is 17.9. The van der Waals surface area contributed by atoms with E-state index in [-0.39, 0.29) is 12.5 Å². The molecule has 1 N–H and O–H groups in total. The lowest BCUT2D eigenvalue weighted by molar-refractivity contribution is -0.149. The van der Waals surface area contributed by atoms with Gasteiger partial charge in [-0.1, -0.05) is 37.3 Å². The highest BCUT2D eigenvalue weighted by molar-refractivity contribution is 5.89. The number of hydrogen-bond donors (Lipinski definition) is 1. The first-order valence-electron chi connectivity index (χ1n) is 10.1. The maximum atomic E-state index is 12.8. The van der Waals surface area contributed by atoms with Crippen LogP contribution < -0.4 is 5.32 Å². The number of nitrogens with one attached hydrogen (secondary N) is 1. The van der Waals surface area contributed by atoms with Gasteiger partial charge in [0.2, 0.25) is 5.91 Å². The van der Waals surface area contributed by atoms with Crippen molar-refractivity contribution in [2.24, 2.45) is 5.92 Å². The van der Waals surface area contributed by atoms with E-state index in [0.29, 0.717) is 18.9 Å². The normalized spacial score (nSPS) is 20.5. The lowest BCUT2D eigenvalue weighted by atomic mass is 9.92. The zero-order valence-electron chi connectivity index (χ0n) is 17.9. The van der Waals surface area contributed by atoms with Crippen molar-refractivity contribution in [2.45, 2.75) is 71.8 Å². The van der Waals surface area contributed by atoms with Crippen molar-refractivity contribution in [3.05, 3.63) is 35.9 Å². The van der Waals surface area contributed by atoms with Gasteiger partial charge in [-0.3, -0.25) is 9.69 Å². The van der Waals surface area contributed by atoms with Crippen molar-refractivity contribution in [1.82, 2.24) is 10.2 Å². The van der Waals surface area contributed by atoms with Gasteiger partial charge in [0.1, 0.15) is 24.3 Å². The second-order valence-corrected chi connectivity index (χ2v) is 8.64. The van der Waals surface area contributed by atoms with E-state index in [1.165, 1.54) is 4.90 Å². The van der Waals surface area contributed by atoms with Crippen molar-refractivity contribution in [3.8, 4) is 0 Å². The van der Waals surface area contributed by atoms with E-state index in [4.69, 9.17) is 9.47 Å². The third kappa shape index (κ3) is 7.07. The smallest absolute Gasteiger partial charge is 0.410 e. The Morgan fingerprint density at radius 3 is 2.48 bits per heavy atom. The number of nitrogens with zero attached hydrogens (tertiary/aromatic N) is 1. The Labute approximate surface area is 172 Å². The molecule has 1 fully saturated rings. The highest BCUT2D eigenvalue weighted by atomic mass is 16.6. The molecule has 0 unspecified atom stereocenters. The third-order valence-electron chi connectivity index (χ3n) is 4.73. The molecule has 0 radical (unpaired) electrons. The molecule has 1 aliphatic heterocycles. The minimum Gasteiger partial charge on any atom is -0.459 e. The Hall–Kier alpha value is -2.57. The Morgan fingerprint density at radius 1 is 1.21 bits per heavy atom. The first-order valence-corrected chi connectivity index (χ1v) is 10.1. The number of amides is 2. The van der Waals surface area contributed by atoms with Crippen LogP contribution in [0.1, 0.15) is 53.0 Å². The number of piperidine rings is 1. The minimum atomic E-state index is -0.816. The van der Waals surface area contributed by atoms with Crippen LogP contribution in [-0.2, 0) is 25.7 Å². The van der Waals surface area contributed by atoms with E-state index in [1.807, 2.05) is 37.3 Å². The molecule has 160 valence electrons. The average molecular weight is 405 g/mol. The zero-order chi connectivity index (χ0) is 21.6. The van der Waals surface area contributed by atoms with Crippen LogP contribution in [0, 0.1) is 5.92 Å². The van der Waals surface area contributed by atoms with Crippen LogP contribution in [0.25, 0.3) is 0 Å². The number of rotatable bonds is 5. The second-order valence-electron chi connectivity index (χ2n) is 8.64. The lowest BCUT2D eigenvalue weighted by Gasteiger charge is -2.38. The number of ether oxygens (including phenoxy) is 2. The number of carbonyl (C=O) groups excluding carboxylic acids is 3. The molecule has 2 amide bonds. The van der Waals surface area contributed by atoms with Crippen LogP contribution in [0.4, 0.5) is 4.79 Å². The number of likely N-dealkylation sites (tertiary alicyclic amines) is 1. The van der Waals surface area contributed by atoms with E-state index in [0.717, 1.165) is 12.0 Å². The third-order valence-corrected chi connectivity index (χ3v) is 4.73. The number of carbonyl (C=O) groups is 3. The molecule has 0 saturated carbocycles. The largest absolute Gasteiger partial charge is 0.459 e. The first-order chi connectivity index (χ1) is 13.6. The summed E-state index contributed by atoms with van der Waals surface area (Å²) in [5.41, 5.74) is 0.229. The monoisotopic (exact) mass is 404 g/mol. The molecule has 1 saturated heterocycles. The highest BCUT2D eigenvalue weighted by Gasteiger charge is 2.38. The summed E-state index contributed by atoms with van der Waals surface area (Å²) in [5, 5.41) is 2.69. The molecule has 0 bridgehead atoms. The van der Waals surface area contributed by atoms with Gasteiger partial charge in [0.25, 0.3) is 0 Å². The first kappa shape index (κ1) is 22.7. The average Bonchev–Trinajstić information content (AvgIpc) is 2.65. The number of hydrogen-bond acceptors (Lipinski definition) is 5. The van der Waals surface area contributed by atoms with Gasteiger partial charge in [0, 0.05) is 6.54 Å². The standard InChI is InChI=1S/C22H32N2O5/c1-15-11-12-24(21(27)29-22(3,4)5)18(13-15)19(25)23-16(2)20(26)28-14-17-9-7-6-8-10-17/h6-10,15-16,18H,11-14H2,1-5H3,(H,23,25)/t15-,16-,18+/m0/s1. The van der Waals surface area contributed by atoms with E-state index in [2.05, 4.69) is 5.32 Å². The molecule has 7 nitrogen and oxygen atoms in total. The van der Waals surface area contributed by atoms with Gasteiger partial charge in [-0.05, 0) is 52.0 Å². The molecule has 29 heavy (non-hydrogen) atoms. The Morgan fingerprint density at radius 2 is 1.86 bits per heavy atom. The van der Waals surface area contributed by atoms with Crippen LogP contribution in [0.15, 0.2) is 30.3 Å². The predicted molar refractivity (Wildman–Crippen MR) is 109 cm³/mol. The topological polar surface area (TPSA) is 84.9 Å². The summed E-state index contributed by atoms with van der Waals surface area (Å²) in [5.74, 6) is -0.591. The quantitative estimate of drug-likeness (QED) is 0.762. The Kier molecular flexibility index (Phi) is 7.65. The van der Waals surface area contributed by atoms with E-state index >= 15 is 0 Å². The molecule has 0 aliphatic carbocycles. The molecule has 3 atom stereocenters. The SMILES string of the molecule is C[C@H]1CCN(C(=O)OC(C)(C)C)[C@@H](C(=O)N[C@@H](C)C(=O)OCc2ccccc2)C1.